The third-order valence-corrected chi connectivity index (χ3v) is 22.2. The molecule has 622 valence electrons. The van der Waals surface area contributed by atoms with E-state index in [1.165, 1.54) is 379 Å². The lowest BCUT2D eigenvalue weighted by molar-refractivity contribution is -0.870. The molecule has 0 N–H and O–H groups in total. The number of hydrogen-bond donors (Lipinski definition) is 0. The molecule has 2 atom stereocenters. The summed E-state index contributed by atoms with van der Waals surface area (Å²) in [5, 5.41) is 0. The Balaban J connectivity index is 3.82. The van der Waals surface area contributed by atoms with Crippen LogP contribution in [0, 0.1) is 0 Å². The van der Waals surface area contributed by atoms with Gasteiger partial charge in [-0.2, -0.15) is 0 Å². The monoisotopic (exact) mass is 1510 g/mol. The maximum absolute atomic E-state index is 12.9. The van der Waals surface area contributed by atoms with Crippen LogP contribution < -0.4 is 4.89 Å². The molecule has 0 spiro atoms. The van der Waals surface area contributed by atoms with E-state index in [4.69, 9.17) is 18.5 Å². The van der Waals surface area contributed by atoms with Gasteiger partial charge >= 0.3 is 11.9 Å². The molecule has 0 saturated heterocycles. The molecule has 0 fully saturated rings. The van der Waals surface area contributed by atoms with Crippen LogP contribution >= 0.6 is 7.82 Å². The van der Waals surface area contributed by atoms with Gasteiger partial charge in [-0.3, -0.25) is 14.2 Å². The van der Waals surface area contributed by atoms with Crippen molar-refractivity contribution in [2.24, 2.45) is 0 Å². The number of phosphoric acid groups is 1. The number of likely N-dealkylation sites (N-methyl/N-ethyl adjacent to an activating group) is 1. The molecule has 0 bridgehead atoms. The molecule has 0 rings (SSSR count). The van der Waals surface area contributed by atoms with E-state index < -0.39 is 26.5 Å². The van der Waals surface area contributed by atoms with Crippen molar-refractivity contribution in [3.05, 3.63) is 72.9 Å². The minimum Gasteiger partial charge on any atom is -0.756 e. The minimum atomic E-state index is -4.65. The number of unbranched alkanes of at least 4 members (excludes halogenated alkanes) is 62. The average molecular weight is 1510 g/mol. The fourth-order valence-electron chi connectivity index (χ4n) is 14.2. The topological polar surface area (TPSA) is 111 Å². The second kappa shape index (κ2) is 86.4. The van der Waals surface area contributed by atoms with Crippen molar-refractivity contribution in [3.8, 4) is 0 Å². The van der Waals surface area contributed by atoms with Crippen molar-refractivity contribution >= 4 is 19.8 Å². The van der Waals surface area contributed by atoms with Gasteiger partial charge in [0.2, 0.25) is 0 Å². The highest BCUT2D eigenvalue weighted by Gasteiger charge is 2.22. The molecule has 0 aliphatic heterocycles. The fraction of sp³-hybridized carbons (Fsp3) is 0.854. The van der Waals surface area contributed by atoms with Gasteiger partial charge < -0.3 is 27.9 Å². The quantitative estimate of drug-likeness (QED) is 0.0195. The van der Waals surface area contributed by atoms with Crippen molar-refractivity contribution < 1.29 is 42.1 Å². The van der Waals surface area contributed by atoms with E-state index in [1.54, 1.807) is 0 Å². The second-order valence-corrected chi connectivity index (χ2v) is 34.4. The number of allylic oxidation sites excluding steroid dienone is 12. The van der Waals surface area contributed by atoms with Crippen LogP contribution in [-0.2, 0) is 32.7 Å². The van der Waals surface area contributed by atoms with Crippen LogP contribution in [0.3, 0.4) is 0 Å². The van der Waals surface area contributed by atoms with Gasteiger partial charge in [-0.25, -0.2) is 0 Å². The number of nitrogens with zero attached hydrogens (tertiary/aromatic N) is 1. The van der Waals surface area contributed by atoms with Gasteiger partial charge in [-0.1, -0.05) is 453 Å². The smallest absolute Gasteiger partial charge is 0.306 e. The molecule has 0 aliphatic carbocycles. The van der Waals surface area contributed by atoms with E-state index in [0.717, 1.165) is 64.2 Å². The highest BCUT2D eigenvalue weighted by molar-refractivity contribution is 7.45. The van der Waals surface area contributed by atoms with Gasteiger partial charge in [0.1, 0.15) is 19.8 Å². The molecule has 0 aromatic heterocycles. The van der Waals surface area contributed by atoms with E-state index in [9.17, 15) is 19.0 Å². The average Bonchev–Trinajstić information content (AvgIpc) is 0.908. The molecule has 0 heterocycles. The lowest BCUT2D eigenvalue weighted by atomic mass is 10.0. The van der Waals surface area contributed by atoms with Crippen molar-refractivity contribution in [1.29, 1.82) is 0 Å². The zero-order valence-corrected chi connectivity index (χ0v) is 72.3. The molecule has 0 amide bonds. The summed E-state index contributed by atoms with van der Waals surface area (Å²) in [6.45, 7) is 4.21. The fourth-order valence-corrected chi connectivity index (χ4v) is 14.9. The summed E-state index contributed by atoms with van der Waals surface area (Å²) in [5.41, 5.74) is 0. The Morgan fingerprint density at radius 1 is 0.302 bits per heavy atom. The predicted octanol–water partition coefficient (Wildman–Crippen LogP) is 31.1. The van der Waals surface area contributed by atoms with Crippen molar-refractivity contribution in [1.82, 2.24) is 0 Å². The zero-order chi connectivity index (χ0) is 76.8. The van der Waals surface area contributed by atoms with Gasteiger partial charge in [0.15, 0.2) is 6.10 Å². The standard InChI is InChI=1S/C96H180NO8P/c1-6-8-10-12-14-16-18-20-22-24-26-28-30-32-34-36-38-40-42-44-46-48-50-52-54-56-58-60-62-64-66-68-70-72-74-76-78-80-82-84-86-88-95(98)102-92-94(93-104-106(100,101)103-91-90-97(3,4)5)105-96(99)89-87-85-83-81-79-77-75-73-71-69-67-65-63-61-59-57-55-53-51-49-47-45-43-41-39-37-35-33-31-29-27-25-23-21-19-17-15-13-11-9-7-2/h9,11,15,17,21,23-24,26-27,29,33,35,94H,6-8,10,12-14,16,18-20,22,25,28,30-32,34,36-93H2,1-5H3/b11-9-,17-15-,23-21-,26-24-,29-27-,35-33-. The molecule has 9 nitrogen and oxygen atoms in total. The summed E-state index contributed by atoms with van der Waals surface area (Å²) in [4.78, 5) is 38.3. The SMILES string of the molecule is CC/C=C\C/C=C\C/C=C\C/C=C\C/C=C\CCCCCCCCCCCCCCCCCCCCCCCCCCCC(=O)OC(COC(=O)CCCCCCCCCCCCCCCCCCCCCCCCCCCCCCC/C=C\CCCCCCCCCC)COP(=O)([O-])OCC[N+](C)(C)C. The van der Waals surface area contributed by atoms with E-state index in [0.29, 0.717) is 17.4 Å². The Bertz CT molecular complexity index is 2020. The third-order valence-electron chi connectivity index (χ3n) is 21.2. The molecule has 106 heavy (non-hydrogen) atoms. The first-order valence-electron chi connectivity index (χ1n) is 46.6. The van der Waals surface area contributed by atoms with Crippen LogP contribution in [0.2, 0.25) is 0 Å². The number of rotatable bonds is 88. The first-order chi connectivity index (χ1) is 52.0. The van der Waals surface area contributed by atoms with Gasteiger partial charge in [0.25, 0.3) is 7.82 Å². The van der Waals surface area contributed by atoms with Crippen molar-refractivity contribution in [3.63, 3.8) is 0 Å². The van der Waals surface area contributed by atoms with Crippen LogP contribution in [0.25, 0.3) is 0 Å². The molecule has 2 unspecified atom stereocenters. The van der Waals surface area contributed by atoms with Crippen LogP contribution in [0.1, 0.15) is 476 Å². The van der Waals surface area contributed by atoms with Crippen molar-refractivity contribution in [2.45, 2.75) is 482 Å². The molecule has 0 saturated carbocycles. The lowest BCUT2D eigenvalue weighted by Gasteiger charge is -2.28. The maximum Gasteiger partial charge on any atom is 0.306 e. The van der Waals surface area contributed by atoms with Crippen LogP contribution in [0.4, 0.5) is 0 Å². The van der Waals surface area contributed by atoms with Crippen LogP contribution in [0.5, 0.6) is 0 Å². The normalized spacial score (nSPS) is 13.2. The molecule has 0 aromatic rings. The van der Waals surface area contributed by atoms with Gasteiger partial charge in [0, 0.05) is 12.8 Å². The number of hydrogen-bond acceptors (Lipinski definition) is 8. The highest BCUT2D eigenvalue weighted by Crippen LogP contribution is 2.38. The number of phosphoric ester groups is 1. The van der Waals surface area contributed by atoms with Crippen LogP contribution in [-0.4, -0.2) is 70.0 Å². The largest absolute Gasteiger partial charge is 0.756 e. The zero-order valence-electron chi connectivity index (χ0n) is 71.4. The van der Waals surface area contributed by atoms with Crippen LogP contribution in [0.15, 0.2) is 72.9 Å². The molecule has 0 aliphatic rings. The Labute approximate surface area is 660 Å². The summed E-state index contributed by atoms with van der Waals surface area (Å²) in [6.07, 6.45) is 120. The highest BCUT2D eigenvalue weighted by atomic mass is 31.2. The van der Waals surface area contributed by atoms with Gasteiger partial charge in [-0.15, -0.1) is 0 Å². The van der Waals surface area contributed by atoms with Crippen molar-refractivity contribution in [2.75, 3.05) is 47.5 Å². The molecular weight excluding hydrogens is 1330 g/mol. The van der Waals surface area contributed by atoms with Gasteiger partial charge in [-0.05, 0) is 83.5 Å². The summed E-state index contributed by atoms with van der Waals surface area (Å²) < 4.78 is 34.5. The Hall–Kier alpha value is -2.55. The molecular formula is C96H180NO8P. The summed E-state index contributed by atoms with van der Waals surface area (Å²) >= 11 is 0. The third kappa shape index (κ3) is 90.3. The number of esters is 2. The Kier molecular flexibility index (Phi) is 84.4. The molecule has 0 radical (unpaired) electrons. The number of ether oxygens (including phenoxy) is 2. The lowest BCUT2D eigenvalue weighted by Crippen LogP contribution is -2.37. The Morgan fingerprint density at radius 3 is 0.811 bits per heavy atom. The number of carbonyl (C=O) groups is 2. The maximum atomic E-state index is 12.9. The first kappa shape index (κ1) is 103. The molecule has 0 aromatic carbocycles. The summed E-state index contributed by atoms with van der Waals surface area (Å²) in [7, 11) is 1.19. The summed E-state index contributed by atoms with van der Waals surface area (Å²) in [6, 6.07) is 0. The van der Waals surface area contributed by atoms with E-state index in [-0.39, 0.29) is 32.0 Å². The minimum absolute atomic E-state index is 0.0279. The number of carbonyl (C=O) groups excluding carboxylic acids is 2. The Morgan fingerprint density at radius 2 is 0.538 bits per heavy atom. The van der Waals surface area contributed by atoms with E-state index in [1.807, 2.05) is 21.1 Å². The summed E-state index contributed by atoms with van der Waals surface area (Å²) in [5.74, 6) is -0.805. The number of quaternary nitrogens is 1. The first-order valence-corrected chi connectivity index (χ1v) is 48.1. The van der Waals surface area contributed by atoms with Gasteiger partial charge in [0.05, 0.1) is 27.7 Å². The predicted molar refractivity (Wildman–Crippen MR) is 462 cm³/mol. The van der Waals surface area contributed by atoms with E-state index in [2.05, 4.69) is 86.8 Å². The molecule has 10 heteroatoms. The van der Waals surface area contributed by atoms with E-state index >= 15 is 0 Å². The second-order valence-electron chi connectivity index (χ2n) is 33.0.